The highest BCUT2D eigenvalue weighted by atomic mass is 79.9. The minimum absolute atomic E-state index is 0.0496. The third-order valence-electron chi connectivity index (χ3n) is 3.71. The fraction of sp³-hybridized carbons (Fsp3) is 0.643. The van der Waals surface area contributed by atoms with Crippen molar-refractivity contribution in [3.8, 4) is 0 Å². The highest BCUT2D eigenvalue weighted by Crippen LogP contribution is 2.39. The van der Waals surface area contributed by atoms with Crippen molar-refractivity contribution in [1.82, 2.24) is 4.98 Å². The first kappa shape index (κ1) is 15.6. The molecule has 1 aromatic heterocycles. The summed E-state index contributed by atoms with van der Waals surface area (Å²) in [5, 5.41) is 2.99. The highest BCUT2D eigenvalue weighted by Gasteiger charge is 2.36. The Labute approximate surface area is 125 Å². The molecule has 1 aliphatic rings. The van der Waals surface area contributed by atoms with Crippen LogP contribution in [0.4, 0.5) is 19.0 Å². The number of hydrogen-bond acceptors (Lipinski definition) is 2. The van der Waals surface area contributed by atoms with Gasteiger partial charge in [0.2, 0.25) is 0 Å². The van der Waals surface area contributed by atoms with Gasteiger partial charge in [-0.3, -0.25) is 0 Å². The Bertz CT molecular complexity index is 486. The normalized spacial score (nSPS) is 22.6. The second kappa shape index (κ2) is 5.54. The molecule has 0 bridgehead atoms. The summed E-state index contributed by atoms with van der Waals surface area (Å²) in [7, 11) is 0. The van der Waals surface area contributed by atoms with Gasteiger partial charge in [0.05, 0.1) is 5.56 Å². The van der Waals surface area contributed by atoms with Crippen molar-refractivity contribution >= 4 is 21.7 Å². The number of halogens is 4. The summed E-state index contributed by atoms with van der Waals surface area (Å²) in [5.41, 5.74) is -0.542. The molecule has 0 aliphatic heterocycles. The molecule has 2 nitrogen and oxygen atoms in total. The molecule has 20 heavy (non-hydrogen) atoms. The Morgan fingerprint density at radius 1 is 1.40 bits per heavy atom. The lowest BCUT2D eigenvalue weighted by atomic mass is 9.75. The van der Waals surface area contributed by atoms with Gasteiger partial charge in [0.25, 0.3) is 0 Å². The fourth-order valence-corrected chi connectivity index (χ4v) is 3.12. The molecule has 0 radical (unpaired) electrons. The van der Waals surface area contributed by atoms with Crippen LogP contribution in [0.3, 0.4) is 0 Å². The van der Waals surface area contributed by atoms with Crippen molar-refractivity contribution in [2.45, 2.75) is 51.7 Å². The summed E-state index contributed by atoms with van der Waals surface area (Å²) in [6.07, 6.45) is 0.892. The Morgan fingerprint density at radius 2 is 2.10 bits per heavy atom. The molecule has 112 valence electrons. The number of rotatable bonds is 2. The molecule has 6 heteroatoms. The third kappa shape index (κ3) is 3.87. The Balaban J connectivity index is 2.21. The predicted octanol–water partition coefficient (Wildman–Crippen LogP) is 5.24. The second-order valence-corrected chi connectivity index (χ2v) is 7.06. The first-order valence-electron chi connectivity index (χ1n) is 6.67. The lowest BCUT2D eigenvalue weighted by Crippen LogP contribution is -2.32. The molecular formula is C14H18BrF3N2. The van der Waals surface area contributed by atoms with Gasteiger partial charge >= 0.3 is 6.18 Å². The maximum Gasteiger partial charge on any atom is 0.419 e. The van der Waals surface area contributed by atoms with E-state index in [1.165, 1.54) is 6.20 Å². The zero-order valence-electron chi connectivity index (χ0n) is 11.5. The zero-order valence-corrected chi connectivity index (χ0v) is 13.1. The van der Waals surface area contributed by atoms with Crippen LogP contribution in [0.5, 0.6) is 0 Å². The first-order chi connectivity index (χ1) is 9.17. The van der Waals surface area contributed by atoms with Crippen LogP contribution in [0.1, 0.15) is 45.1 Å². The van der Waals surface area contributed by atoms with Crippen LogP contribution in [-0.4, -0.2) is 11.0 Å². The predicted molar refractivity (Wildman–Crippen MR) is 76.6 cm³/mol. The number of nitrogens with one attached hydrogen (secondary N) is 1. The largest absolute Gasteiger partial charge is 0.419 e. The van der Waals surface area contributed by atoms with Gasteiger partial charge in [0.1, 0.15) is 5.82 Å². The summed E-state index contributed by atoms with van der Waals surface area (Å²) < 4.78 is 39.4. The van der Waals surface area contributed by atoms with Crippen LogP contribution in [0, 0.1) is 5.41 Å². The van der Waals surface area contributed by atoms with E-state index < -0.39 is 11.7 Å². The van der Waals surface area contributed by atoms with Crippen LogP contribution in [0.25, 0.3) is 0 Å². The molecule has 1 aromatic rings. The Hall–Kier alpha value is -0.780. The van der Waals surface area contributed by atoms with E-state index >= 15 is 0 Å². The topological polar surface area (TPSA) is 24.9 Å². The SMILES string of the molecule is CC1(C)CCCC(Nc2ncc(Br)cc2C(F)(F)F)C1. The summed E-state index contributed by atoms with van der Waals surface area (Å²) in [6, 6.07) is 1.12. The van der Waals surface area contributed by atoms with Crippen molar-refractivity contribution in [1.29, 1.82) is 0 Å². The Morgan fingerprint density at radius 3 is 2.70 bits per heavy atom. The van der Waals surface area contributed by atoms with E-state index in [1.54, 1.807) is 0 Å². The van der Waals surface area contributed by atoms with Crippen molar-refractivity contribution < 1.29 is 13.2 Å². The zero-order chi connectivity index (χ0) is 15.0. The summed E-state index contributed by atoms with van der Waals surface area (Å²) in [5.74, 6) is -0.0663. The molecule has 1 heterocycles. The van der Waals surface area contributed by atoms with Gasteiger partial charge in [-0.15, -0.1) is 0 Å². The molecule has 1 fully saturated rings. The molecule has 1 saturated carbocycles. The second-order valence-electron chi connectivity index (χ2n) is 6.15. The van der Waals surface area contributed by atoms with Crippen LogP contribution in [0.15, 0.2) is 16.7 Å². The maximum atomic E-state index is 13.0. The van der Waals surface area contributed by atoms with Crippen LogP contribution in [-0.2, 0) is 6.18 Å². The standard InChI is InChI=1S/C14H18BrF3N2/c1-13(2)5-3-4-10(7-13)20-12-11(14(16,17)18)6-9(15)8-19-12/h6,8,10H,3-5,7H2,1-2H3,(H,19,20). The van der Waals surface area contributed by atoms with Crippen molar-refractivity contribution in [3.63, 3.8) is 0 Å². The molecule has 0 saturated heterocycles. The minimum atomic E-state index is -4.40. The van der Waals surface area contributed by atoms with Gasteiger partial charge in [-0.1, -0.05) is 20.3 Å². The quantitative estimate of drug-likeness (QED) is 0.788. The van der Waals surface area contributed by atoms with Crippen molar-refractivity contribution in [2.75, 3.05) is 5.32 Å². The average Bonchev–Trinajstić information content (AvgIpc) is 2.29. The molecule has 0 spiro atoms. The number of alkyl halides is 3. The smallest absolute Gasteiger partial charge is 0.367 e. The summed E-state index contributed by atoms with van der Waals surface area (Å²) >= 11 is 3.04. The van der Waals surface area contributed by atoms with Crippen LogP contribution in [0.2, 0.25) is 0 Å². The minimum Gasteiger partial charge on any atom is -0.367 e. The van der Waals surface area contributed by atoms with Crippen molar-refractivity contribution in [3.05, 3.63) is 22.3 Å². The van der Waals surface area contributed by atoms with E-state index in [0.717, 1.165) is 31.7 Å². The van der Waals surface area contributed by atoms with Crippen LogP contribution >= 0.6 is 15.9 Å². The summed E-state index contributed by atoms with van der Waals surface area (Å²) in [6.45, 7) is 4.31. The number of aromatic nitrogens is 1. The number of pyridine rings is 1. The number of anilines is 1. The average molecular weight is 351 g/mol. The first-order valence-corrected chi connectivity index (χ1v) is 7.46. The lowest BCUT2D eigenvalue weighted by molar-refractivity contribution is -0.137. The number of nitrogens with zero attached hydrogens (tertiary/aromatic N) is 1. The van der Waals surface area contributed by atoms with Gasteiger partial charge < -0.3 is 5.32 Å². The molecule has 1 aliphatic carbocycles. The monoisotopic (exact) mass is 350 g/mol. The fourth-order valence-electron chi connectivity index (χ4n) is 2.79. The van der Waals surface area contributed by atoms with Gasteiger partial charge in [-0.05, 0) is 46.7 Å². The van der Waals surface area contributed by atoms with E-state index in [-0.39, 0.29) is 17.3 Å². The van der Waals surface area contributed by atoms with E-state index in [2.05, 4.69) is 40.1 Å². The molecule has 1 atom stereocenters. The van der Waals surface area contributed by atoms with E-state index in [4.69, 9.17) is 0 Å². The summed E-state index contributed by atoms with van der Waals surface area (Å²) in [4.78, 5) is 3.91. The van der Waals surface area contributed by atoms with Gasteiger partial charge in [-0.2, -0.15) is 13.2 Å². The molecule has 0 aromatic carbocycles. The number of hydrogen-bond donors (Lipinski definition) is 1. The van der Waals surface area contributed by atoms with E-state index in [0.29, 0.717) is 4.47 Å². The van der Waals surface area contributed by atoms with Gasteiger partial charge in [0, 0.05) is 16.7 Å². The third-order valence-corrected chi connectivity index (χ3v) is 4.14. The lowest BCUT2D eigenvalue weighted by Gasteiger charge is -2.36. The molecule has 1 unspecified atom stereocenters. The van der Waals surface area contributed by atoms with E-state index in [9.17, 15) is 13.2 Å². The van der Waals surface area contributed by atoms with Gasteiger partial charge in [-0.25, -0.2) is 4.98 Å². The van der Waals surface area contributed by atoms with Crippen LogP contribution < -0.4 is 5.32 Å². The van der Waals surface area contributed by atoms with Gasteiger partial charge in [0.15, 0.2) is 0 Å². The Kier molecular flexibility index (Phi) is 4.33. The molecular weight excluding hydrogens is 333 g/mol. The molecule has 2 rings (SSSR count). The highest BCUT2D eigenvalue weighted by molar-refractivity contribution is 9.10. The molecule has 0 amide bonds. The molecule has 1 N–H and O–H groups in total. The van der Waals surface area contributed by atoms with E-state index in [1.807, 2.05) is 0 Å². The maximum absolute atomic E-state index is 13.0. The van der Waals surface area contributed by atoms with Crippen molar-refractivity contribution in [2.24, 2.45) is 5.41 Å².